The second-order valence-corrected chi connectivity index (χ2v) is 4.40. The Labute approximate surface area is 113 Å². The molecule has 104 valence electrons. The summed E-state index contributed by atoms with van der Waals surface area (Å²) < 4.78 is 28.4. The summed E-state index contributed by atoms with van der Waals surface area (Å²) in [4.78, 5) is 22.4. The second kappa shape index (κ2) is 4.88. The van der Waals surface area contributed by atoms with Crippen molar-refractivity contribution >= 4 is 11.8 Å². The molecule has 1 aromatic carbocycles. The number of hydrogen-bond acceptors (Lipinski definition) is 2. The minimum absolute atomic E-state index is 0.113. The fourth-order valence-electron chi connectivity index (χ4n) is 1.84. The van der Waals surface area contributed by atoms with Crippen LogP contribution in [0.5, 0.6) is 0 Å². The molecule has 0 unspecified atom stereocenters. The van der Waals surface area contributed by atoms with Crippen molar-refractivity contribution in [2.75, 3.05) is 0 Å². The van der Waals surface area contributed by atoms with E-state index in [0.29, 0.717) is 0 Å². The normalized spacial score (nSPS) is 10.6. The zero-order valence-corrected chi connectivity index (χ0v) is 10.8. The lowest BCUT2D eigenvalue weighted by molar-refractivity contribution is 0.0688. The van der Waals surface area contributed by atoms with Crippen LogP contribution in [-0.4, -0.2) is 21.4 Å². The van der Waals surface area contributed by atoms with Crippen LogP contribution in [0.1, 0.15) is 33.3 Å². The largest absolute Gasteiger partial charge is 0.477 e. The number of Topliss-reactive ketones (excluding diaryl/α,β-unsaturated/α-hetero) is 1. The highest BCUT2D eigenvalue weighted by atomic mass is 19.1. The number of carbonyl (C=O) groups is 2. The zero-order chi connectivity index (χ0) is 15.0. The maximum Gasteiger partial charge on any atom is 0.352 e. The predicted molar refractivity (Wildman–Crippen MR) is 67.4 cm³/mol. The van der Waals surface area contributed by atoms with Crippen molar-refractivity contribution in [2.45, 2.75) is 13.8 Å². The maximum atomic E-state index is 13.9. The summed E-state index contributed by atoms with van der Waals surface area (Å²) >= 11 is 0. The lowest BCUT2D eigenvalue weighted by Gasteiger charge is -2.09. The van der Waals surface area contributed by atoms with Crippen molar-refractivity contribution in [3.05, 3.63) is 52.9 Å². The van der Waals surface area contributed by atoms with Crippen LogP contribution in [0, 0.1) is 18.6 Å². The molecule has 0 aliphatic heterocycles. The lowest BCUT2D eigenvalue weighted by atomic mass is 10.2. The first-order valence-corrected chi connectivity index (χ1v) is 5.74. The van der Waals surface area contributed by atoms with E-state index in [-0.39, 0.29) is 28.3 Å². The van der Waals surface area contributed by atoms with Gasteiger partial charge in [0.2, 0.25) is 0 Å². The molecule has 1 aromatic heterocycles. The molecule has 0 atom stereocenters. The number of aryl methyl sites for hydroxylation is 1. The Kier molecular flexibility index (Phi) is 3.40. The first kappa shape index (κ1) is 13.9. The molecule has 2 rings (SSSR count). The molecule has 0 bridgehead atoms. The number of aromatic carboxylic acids is 1. The third-order valence-corrected chi connectivity index (χ3v) is 2.93. The third kappa shape index (κ3) is 2.32. The fourth-order valence-corrected chi connectivity index (χ4v) is 1.84. The number of carbonyl (C=O) groups excluding carboxylic acids is 1. The van der Waals surface area contributed by atoms with Gasteiger partial charge in [-0.1, -0.05) is 0 Å². The van der Waals surface area contributed by atoms with Crippen LogP contribution in [0.15, 0.2) is 24.4 Å². The Morgan fingerprint density at radius 3 is 2.35 bits per heavy atom. The van der Waals surface area contributed by atoms with Gasteiger partial charge in [-0.3, -0.25) is 4.79 Å². The standard InChI is InChI=1S/C14H11F2NO3/c1-7-3-11(16)12(5-10(7)15)17-6-9(8(2)18)4-13(17)14(19)20/h3-6H,1-2H3,(H,19,20). The summed E-state index contributed by atoms with van der Waals surface area (Å²) in [6, 6.07) is 3.01. The first-order chi connectivity index (χ1) is 9.31. The van der Waals surface area contributed by atoms with E-state index in [0.717, 1.165) is 22.8 Å². The summed E-state index contributed by atoms with van der Waals surface area (Å²) in [5.41, 5.74) is -0.333. The van der Waals surface area contributed by atoms with Crippen molar-refractivity contribution in [1.29, 1.82) is 0 Å². The molecule has 0 spiro atoms. The molecular weight excluding hydrogens is 268 g/mol. The van der Waals surface area contributed by atoms with Gasteiger partial charge in [0.05, 0.1) is 5.69 Å². The third-order valence-electron chi connectivity index (χ3n) is 2.93. The minimum atomic E-state index is -1.34. The number of halogens is 2. The quantitative estimate of drug-likeness (QED) is 0.879. The van der Waals surface area contributed by atoms with Crippen molar-refractivity contribution in [1.82, 2.24) is 4.57 Å². The number of ketones is 1. The van der Waals surface area contributed by atoms with Crippen molar-refractivity contribution in [2.24, 2.45) is 0 Å². The molecule has 6 heteroatoms. The average molecular weight is 279 g/mol. The number of aromatic nitrogens is 1. The Morgan fingerprint density at radius 2 is 1.80 bits per heavy atom. The molecule has 1 heterocycles. The highest BCUT2D eigenvalue weighted by molar-refractivity contribution is 5.97. The summed E-state index contributed by atoms with van der Waals surface area (Å²) in [5, 5.41) is 9.09. The fraction of sp³-hybridized carbons (Fsp3) is 0.143. The molecule has 0 aliphatic carbocycles. The number of nitrogens with zero attached hydrogens (tertiary/aromatic N) is 1. The van der Waals surface area contributed by atoms with Gasteiger partial charge >= 0.3 is 5.97 Å². The lowest BCUT2D eigenvalue weighted by Crippen LogP contribution is -2.08. The van der Waals surface area contributed by atoms with Gasteiger partial charge in [0.1, 0.15) is 17.3 Å². The van der Waals surface area contributed by atoms with Gasteiger partial charge in [-0.25, -0.2) is 13.6 Å². The molecule has 0 amide bonds. The SMILES string of the molecule is CC(=O)c1cc(C(=O)O)n(-c2cc(F)c(C)cc2F)c1. The molecule has 20 heavy (non-hydrogen) atoms. The van der Waals surface area contributed by atoms with E-state index in [1.54, 1.807) is 0 Å². The average Bonchev–Trinajstić information content (AvgIpc) is 2.78. The molecule has 0 radical (unpaired) electrons. The predicted octanol–water partition coefficient (Wildman–Crippen LogP) is 2.96. The van der Waals surface area contributed by atoms with Gasteiger partial charge in [-0.2, -0.15) is 0 Å². The van der Waals surface area contributed by atoms with Gasteiger partial charge in [0.15, 0.2) is 5.78 Å². The summed E-state index contributed by atoms with van der Waals surface area (Å²) in [6.45, 7) is 2.66. The highest BCUT2D eigenvalue weighted by Crippen LogP contribution is 2.22. The molecule has 4 nitrogen and oxygen atoms in total. The van der Waals surface area contributed by atoms with Crippen LogP contribution < -0.4 is 0 Å². The van der Waals surface area contributed by atoms with E-state index in [1.165, 1.54) is 20.0 Å². The van der Waals surface area contributed by atoms with Crippen LogP contribution in [0.2, 0.25) is 0 Å². The number of carboxylic acid groups (broad SMARTS) is 1. The number of carboxylic acids is 1. The molecule has 0 aliphatic rings. The van der Waals surface area contributed by atoms with Crippen molar-refractivity contribution in [3.63, 3.8) is 0 Å². The van der Waals surface area contributed by atoms with Crippen LogP contribution in [-0.2, 0) is 0 Å². The maximum absolute atomic E-state index is 13.9. The number of benzene rings is 1. The topological polar surface area (TPSA) is 59.3 Å². The van der Waals surface area contributed by atoms with Gasteiger partial charge in [0.25, 0.3) is 0 Å². The Bertz CT molecular complexity index is 719. The van der Waals surface area contributed by atoms with E-state index in [2.05, 4.69) is 0 Å². The molecule has 1 N–H and O–H groups in total. The van der Waals surface area contributed by atoms with Gasteiger partial charge < -0.3 is 9.67 Å². The van der Waals surface area contributed by atoms with Crippen LogP contribution in [0.3, 0.4) is 0 Å². The zero-order valence-electron chi connectivity index (χ0n) is 10.8. The monoisotopic (exact) mass is 279 g/mol. The minimum Gasteiger partial charge on any atom is -0.477 e. The summed E-state index contributed by atoms with van der Waals surface area (Å²) in [6.07, 6.45) is 1.18. The Hall–Kier alpha value is -2.50. The van der Waals surface area contributed by atoms with Gasteiger partial charge in [-0.15, -0.1) is 0 Å². The van der Waals surface area contributed by atoms with Crippen LogP contribution in [0.4, 0.5) is 8.78 Å². The van der Waals surface area contributed by atoms with E-state index >= 15 is 0 Å². The molecule has 2 aromatic rings. The van der Waals surface area contributed by atoms with E-state index in [4.69, 9.17) is 5.11 Å². The second-order valence-electron chi connectivity index (χ2n) is 4.40. The molecule has 0 fully saturated rings. The number of rotatable bonds is 3. The van der Waals surface area contributed by atoms with Crippen molar-refractivity contribution in [3.8, 4) is 5.69 Å². The summed E-state index contributed by atoms with van der Waals surface area (Å²) in [7, 11) is 0. The molecule has 0 saturated heterocycles. The van der Waals surface area contributed by atoms with Gasteiger partial charge in [0, 0.05) is 17.8 Å². The first-order valence-electron chi connectivity index (χ1n) is 5.74. The van der Waals surface area contributed by atoms with E-state index in [9.17, 15) is 18.4 Å². The number of hydrogen-bond donors (Lipinski definition) is 1. The molecular formula is C14H11F2NO3. The van der Waals surface area contributed by atoms with Crippen LogP contribution in [0.25, 0.3) is 5.69 Å². The van der Waals surface area contributed by atoms with Gasteiger partial charge in [-0.05, 0) is 31.5 Å². The van der Waals surface area contributed by atoms with Crippen molar-refractivity contribution < 1.29 is 23.5 Å². The Balaban J connectivity index is 2.71. The van der Waals surface area contributed by atoms with E-state index in [1.807, 2.05) is 0 Å². The molecule has 0 saturated carbocycles. The Morgan fingerprint density at radius 1 is 1.15 bits per heavy atom. The van der Waals surface area contributed by atoms with E-state index < -0.39 is 17.6 Å². The highest BCUT2D eigenvalue weighted by Gasteiger charge is 2.19. The van der Waals surface area contributed by atoms with Crippen LogP contribution >= 0.6 is 0 Å². The smallest absolute Gasteiger partial charge is 0.352 e. The summed E-state index contributed by atoms with van der Waals surface area (Å²) in [5.74, 6) is -3.12.